The van der Waals surface area contributed by atoms with Crippen LogP contribution in [0, 0.1) is 0 Å². The van der Waals surface area contributed by atoms with Crippen molar-refractivity contribution in [2.45, 2.75) is 17.9 Å². The van der Waals surface area contributed by atoms with Crippen LogP contribution in [0.25, 0.3) is 0 Å². The van der Waals surface area contributed by atoms with E-state index in [0.717, 1.165) is 27.7 Å². The number of sulfonamides is 1. The van der Waals surface area contributed by atoms with Gasteiger partial charge in [-0.05, 0) is 72.1 Å². The molecule has 0 atom stereocenters. The monoisotopic (exact) mass is 552 g/mol. The normalized spacial score (nSPS) is 13.4. The summed E-state index contributed by atoms with van der Waals surface area (Å²) in [7, 11) is -3.95. The summed E-state index contributed by atoms with van der Waals surface area (Å²) in [5.74, 6) is -0.280. The Hall–Kier alpha value is -1.90. The van der Waals surface area contributed by atoms with Crippen LogP contribution in [0.4, 0.5) is 5.69 Å². The number of halogens is 3. The Morgan fingerprint density at radius 2 is 1.59 bits per heavy atom. The fourth-order valence-corrected chi connectivity index (χ4v) is 5.68. The molecule has 0 bridgehead atoms. The van der Waals surface area contributed by atoms with Crippen molar-refractivity contribution in [3.05, 3.63) is 92.4 Å². The van der Waals surface area contributed by atoms with Gasteiger partial charge in [-0.1, -0.05) is 51.3 Å². The summed E-state index contributed by atoms with van der Waals surface area (Å²) in [4.78, 5) is 15.0. The van der Waals surface area contributed by atoms with Crippen LogP contribution in [0.2, 0.25) is 10.0 Å². The maximum Gasteiger partial charge on any atom is 0.243 e. The number of anilines is 1. The maximum absolute atomic E-state index is 13.4. The first-order valence-electron chi connectivity index (χ1n) is 9.83. The Balaban J connectivity index is 1.64. The van der Waals surface area contributed by atoms with Crippen molar-refractivity contribution in [1.29, 1.82) is 0 Å². The molecule has 0 unspecified atom stereocenters. The van der Waals surface area contributed by atoms with E-state index in [1.54, 1.807) is 29.2 Å². The van der Waals surface area contributed by atoms with E-state index in [9.17, 15) is 13.2 Å². The lowest BCUT2D eigenvalue weighted by molar-refractivity contribution is -0.118. The first-order chi connectivity index (χ1) is 15.2. The largest absolute Gasteiger partial charge is 0.311 e. The van der Waals surface area contributed by atoms with Crippen LogP contribution >= 0.6 is 39.1 Å². The summed E-state index contributed by atoms with van der Waals surface area (Å²) in [5.41, 5.74) is 2.59. The number of rotatable bonds is 6. The zero-order valence-corrected chi connectivity index (χ0v) is 20.8. The van der Waals surface area contributed by atoms with Crippen molar-refractivity contribution in [3.8, 4) is 0 Å². The maximum atomic E-state index is 13.4. The van der Waals surface area contributed by atoms with Gasteiger partial charge >= 0.3 is 0 Å². The van der Waals surface area contributed by atoms with E-state index in [1.807, 2.05) is 18.2 Å². The Labute approximate surface area is 205 Å². The molecule has 32 heavy (non-hydrogen) atoms. The van der Waals surface area contributed by atoms with E-state index in [0.29, 0.717) is 16.6 Å². The summed E-state index contributed by atoms with van der Waals surface area (Å²) in [6, 6.07) is 18.6. The van der Waals surface area contributed by atoms with Crippen LogP contribution in [0.3, 0.4) is 0 Å². The molecule has 1 amide bonds. The number of fused-ring (bicyclic) bond motifs is 1. The van der Waals surface area contributed by atoms with Gasteiger partial charge in [0.1, 0.15) is 0 Å². The van der Waals surface area contributed by atoms with Gasteiger partial charge in [-0.15, -0.1) is 0 Å². The molecule has 0 aliphatic carbocycles. The fourth-order valence-electron chi connectivity index (χ4n) is 3.64. The summed E-state index contributed by atoms with van der Waals surface area (Å²) < 4.78 is 29.0. The molecule has 0 radical (unpaired) electrons. The highest BCUT2D eigenvalue weighted by atomic mass is 79.9. The molecule has 0 saturated carbocycles. The number of carbonyl (C=O) groups excluding carboxylic acids is 1. The second-order valence-electron chi connectivity index (χ2n) is 7.42. The Morgan fingerprint density at radius 3 is 2.25 bits per heavy atom. The number of nitrogens with zero attached hydrogens (tertiary/aromatic N) is 2. The second kappa shape index (κ2) is 9.53. The van der Waals surface area contributed by atoms with E-state index < -0.39 is 10.0 Å². The third-order valence-electron chi connectivity index (χ3n) is 5.27. The van der Waals surface area contributed by atoms with Crippen LogP contribution in [0.1, 0.15) is 11.1 Å². The molecule has 0 aromatic heterocycles. The molecule has 0 fully saturated rings. The Morgan fingerprint density at radius 1 is 0.969 bits per heavy atom. The molecular weight excluding hydrogens is 535 g/mol. The SMILES string of the molecule is O=C(CN(Cc1ccc(Cl)cc1)S(=O)(=O)c1ccc(Cl)cc1)N1CCc2cc(Br)ccc21. The van der Waals surface area contributed by atoms with E-state index >= 15 is 0 Å². The first-order valence-corrected chi connectivity index (χ1v) is 12.8. The molecule has 0 N–H and O–H groups in total. The molecule has 3 aromatic rings. The van der Waals surface area contributed by atoms with Crippen LogP contribution < -0.4 is 4.90 Å². The van der Waals surface area contributed by atoms with Gasteiger partial charge in [-0.2, -0.15) is 4.31 Å². The molecule has 3 aromatic carbocycles. The van der Waals surface area contributed by atoms with Gasteiger partial charge in [0.2, 0.25) is 15.9 Å². The molecule has 1 aliphatic rings. The lowest BCUT2D eigenvalue weighted by Gasteiger charge is -2.25. The minimum atomic E-state index is -3.95. The van der Waals surface area contributed by atoms with Crippen molar-refractivity contribution >= 4 is 60.7 Å². The molecule has 9 heteroatoms. The average Bonchev–Trinajstić information content (AvgIpc) is 3.18. The van der Waals surface area contributed by atoms with Crippen LogP contribution in [0.5, 0.6) is 0 Å². The standard InChI is InChI=1S/C23H19BrCl2N2O3S/c24-18-3-10-22-17(13-18)11-12-28(22)23(29)15-27(14-16-1-4-19(25)5-2-16)32(30,31)21-8-6-20(26)7-9-21/h1-10,13H,11-12,14-15H2. The van der Waals surface area contributed by atoms with Crippen LogP contribution in [-0.4, -0.2) is 31.7 Å². The van der Waals surface area contributed by atoms with E-state index in [-0.39, 0.29) is 23.9 Å². The van der Waals surface area contributed by atoms with Crippen LogP contribution in [0.15, 0.2) is 76.1 Å². The minimum Gasteiger partial charge on any atom is -0.311 e. The predicted octanol–water partition coefficient (Wildman–Crippen LogP) is 5.54. The first kappa shape index (κ1) is 23.3. The van der Waals surface area contributed by atoms with Crippen molar-refractivity contribution in [1.82, 2.24) is 4.31 Å². The quantitative estimate of drug-likeness (QED) is 0.403. The smallest absolute Gasteiger partial charge is 0.243 e. The van der Waals surface area contributed by atoms with Gasteiger partial charge in [0.25, 0.3) is 0 Å². The topological polar surface area (TPSA) is 57.7 Å². The lowest BCUT2D eigenvalue weighted by atomic mass is 10.2. The molecule has 0 spiro atoms. The molecule has 1 heterocycles. The predicted molar refractivity (Wildman–Crippen MR) is 131 cm³/mol. The van der Waals surface area contributed by atoms with Gasteiger partial charge in [-0.3, -0.25) is 4.79 Å². The summed E-state index contributed by atoms with van der Waals surface area (Å²) >= 11 is 15.4. The summed E-state index contributed by atoms with van der Waals surface area (Å²) in [5, 5.41) is 0.987. The minimum absolute atomic E-state index is 0.0366. The van der Waals surface area contributed by atoms with Gasteiger partial charge in [0, 0.05) is 33.3 Å². The van der Waals surface area contributed by atoms with Crippen molar-refractivity contribution < 1.29 is 13.2 Å². The highest BCUT2D eigenvalue weighted by Crippen LogP contribution is 2.31. The number of amides is 1. The molecule has 1 aliphatic heterocycles. The highest BCUT2D eigenvalue weighted by molar-refractivity contribution is 9.10. The molecule has 5 nitrogen and oxygen atoms in total. The Kier molecular flexibility index (Phi) is 6.93. The van der Waals surface area contributed by atoms with Gasteiger partial charge < -0.3 is 4.90 Å². The molecule has 166 valence electrons. The van der Waals surface area contributed by atoms with Gasteiger partial charge in [-0.25, -0.2) is 8.42 Å². The average molecular weight is 554 g/mol. The van der Waals surface area contributed by atoms with E-state index in [1.165, 1.54) is 28.6 Å². The number of hydrogen-bond acceptors (Lipinski definition) is 3. The van der Waals surface area contributed by atoms with Crippen molar-refractivity contribution in [2.24, 2.45) is 0 Å². The molecular formula is C23H19BrCl2N2O3S. The van der Waals surface area contributed by atoms with E-state index in [4.69, 9.17) is 23.2 Å². The summed E-state index contributed by atoms with van der Waals surface area (Å²) in [6.45, 7) is 0.262. The Bertz CT molecular complexity index is 1250. The summed E-state index contributed by atoms with van der Waals surface area (Å²) in [6.07, 6.45) is 0.724. The zero-order chi connectivity index (χ0) is 22.9. The fraction of sp³-hybridized carbons (Fsp3) is 0.174. The highest BCUT2D eigenvalue weighted by Gasteiger charge is 2.31. The molecule has 0 saturated heterocycles. The van der Waals surface area contributed by atoms with Gasteiger partial charge in [0.15, 0.2) is 0 Å². The third-order valence-corrected chi connectivity index (χ3v) is 8.08. The second-order valence-corrected chi connectivity index (χ2v) is 11.1. The molecule has 4 rings (SSSR count). The number of hydrogen-bond donors (Lipinski definition) is 0. The lowest BCUT2D eigenvalue weighted by Crippen LogP contribution is -2.42. The van der Waals surface area contributed by atoms with Crippen molar-refractivity contribution in [3.63, 3.8) is 0 Å². The van der Waals surface area contributed by atoms with E-state index in [2.05, 4.69) is 15.9 Å². The number of carbonyl (C=O) groups is 1. The van der Waals surface area contributed by atoms with Gasteiger partial charge in [0.05, 0.1) is 11.4 Å². The zero-order valence-electron chi connectivity index (χ0n) is 16.8. The van der Waals surface area contributed by atoms with Crippen LogP contribution in [-0.2, 0) is 27.8 Å². The van der Waals surface area contributed by atoms with Crippen molar-refractivity contribution in [2.75, 3.05) is 18.0 Å². The third kappa shape index (κ3) is 5.02. The number of benzene rings is 3.